The lowest BCUT2D eigenvalue weighted by Gasteiger charge is -2.23. The Morgan fingerprint density at radius 2 is 1.87 bits per heavy atom. The van der Waals surface area contributed by atoms with Gasteiger partial charge < -0.3 is 4.42 Å². The van der Waals surface area contributed by atoms with Crippen LogP contribution in [0.15, 0.2) is 47.0 Å². The summed E-state index contributed by atoms with van der Waals surface area (Å²) in [5.41, 5.74) is 4.44. The maximum absolute atomic E-state index is 6.06. The summed E-state index contributed by atoms with van der Waals surface area (Å²) >= 11 is 0. The van der Waals surface area contributed by atoms with E-state index in [2.05, 4.69) is 73.5 Å². The zero-order valence-electron chi connectivity index (χ0n) is 14.0. The van der Waals surface area contributed by atoms with Crippen molar-refractivity contribution in [2.24, 2.45) is 7.05 Å². The molecule has 3 heterocycles. The Balaban J connectivity index is 2.04. The second kappa shape index (κ2) is 5.02. The Morgan fingerprint density at radius 1 is 1.09 bits per heavy atom. The number of hydrogen-bond acceptors (Lipinski definition) is 2. The molecule has 0 bridgehead atoms. The number of hydrogen-bond donors (Lipinski definition) is 0. The van der Waals surface area contributed by atoms with Crippen LogP contribution in [0, 0.1) is 6.92 Å². The van der Waals surface area contributed by atoms with Gasteiger partial charge in [0.25, 0.3) is 5.82 Å². The van der Waals surface area contributed by atoms with Crippen molar-refractivity contribution in [2.75, 3.05) is 4.81 Å². The third kappa shape index (κ3) is 2.09. The first-order valence-corrected chi connectivity index (χ1v) is 8.02. The fraction of sp³-hybridized carbons (Fsp3) is 0.211. The van der Waals surface area contributed by atoms with E-state index in [0.717, 1.165) is 11.0 Å². The van der Waals surface area contributed by atoms with Crippen LogP contribution in [0.5, 0.6) is 0 Å². The van der Waals surface area contributed by atoms with Crippen molar-refractivity contribution in [1.29, 1.82) is 0 Å². The smallest absolute Gasteiger partial charge is 0.405 e. The monoisotopic (exact) mass is 303 g/mol. The SMILES string of the molecule is CB1C=c2oc3ccccc3c2=C(C)N1c1ccc(C)c[n+]1C. The molecule has 114 valence electrons. The molecule has 0 unspecified atom stereocenters. The summed E-state index contributed by atoms with van der Waals surface area (Å²) in [6.07, 6.45) is 2.17. The maximum atomic E-state index is 6.06. The minimum Gasteiger partial charge on any atom is -0.457 e. The number of furan rings is 1. The minimum absolute atomic E-state index is 0.247. The van der Waals surface area contributed by atoms with Crippen LogP contribution in [-0.4, -0.2) is 6.85 Å². The standard InChI is InChI=1S/C19H20BN2O/c1-13-9-10-18(21(4)12-13)22-14(2)19-15-7-5-6-8-16(15)23-17(19)11-20(22)3/h5-12H,1-4H3/q+1. The van der Waals surface area contributed by atoms with Crippen LogP contribution in [0.2, 0.25) is 6.82 Å². The Kier molecular flexibility index (Phi) is 3.08. The molecule has 1 aliphatic heterocycles. The number of pyridine rings is 1. The molecule has 0 amide bonds. The molecule has 0 radical (unpaired) electrons. The molecule has 2 aromatic heterocycles. The molecule has 3 aromatic rings. The van der Waals surface area contributed by atoms with Crippen molar-refractivity contribution in [3.8, 4) is 0 Å². The van der Waals surface area contributed by atoms with Crippen LogP contribution in [-0.2, 0) is 7.05 Å². The summed E-state index contributed by atoms with van der Waals surface area (Å²) in [7, 11) is 2.10. The molecule has 4 heteroatoms. The zero-order chi connectivity index (χ0) is 16.1. The molecule has 23 heavy (non-hydrogen) atoms. The van der Waals surface area contributed by atoms with Gasteiger partial charge in [0.05, 0.1) is 24.2 Å². The quantitative estimate of drug-likeness (QED) is 0.507. The average Bonchev–Trinajstić information content (AvgIpc) is 2.87. The van der Waals surface area contributed by atoms with Crippen LogP contribution >= 0.6 is 0 Å². The van der Waals surface area contributed by atoms with Gasteiger partial charge in [0.1, 0.15) is 11.0 Å². The Morgan fingerprint density at radius 3 is 2.65 bits per heavy atom. The maximum Gasteiger partial charge on any atom is 0.405 e. The number of aryl methyl sites for hydroxylation is 2. The summed E-state index contributed by atoms with van der Waals surface area (Å²) in [5.74, 6) is 3.40. The van der Waals surface area contributed by atoms with Gasteiger partial charge in [0, 0.05) is 11.5 Å². The second-order valence-corrected chi connectivity index (χ2v) is 6.38. The van der Waals surface area contributed by atoms with E-state index in [9.17, 15) is 0 Å². The van der Waals surface area contributed by atoms with Gasteiger partial charge in [-0.05, 0) is 44.3 Å². The van der Waals surface area contributed by atoms with Crippen LogP contribution in [0.25, 0.3) is 22.6 Å². The third-order valence-electron chi connectivity index (χ3n) is 4.65. The van der Waals surface area contributed by atoms with Crippen LogP contribution in [0.1, 0.15) is 12.5 Å². The van der Waals surface area contributed by atoms with Crippen LogP contribution in [0.4, 0.5) is 5.82 Å². The summed E-state index contributed by atoms with van der Waals surface area (Å²) in [4.78, 5) is 2.38. The number of aromatic nitrogens is 1. The molecule has 0 fully saturated rings. The summed E-state index contributed by atoms with van der Waals surface area (Å²) in [6.45, 7) is 6.76. The third-order valence-corrected chi connectivity index (χ3v) is 4.65. The van der Waals surface area contributed by atoms with Gasteiger partial charge in [-0.2, -0.15) is 0 Å². The topological polar surface area (TPSA) is 20.3 Å². The van der Waals surface area contributed by atoms with E-state index in [1.165, 1.54) is 27.7 Å². The van der Waals surface area contributed by atoms with Crippen molar-refractivity contribution >= 4 is 35.3 Å². The van der Waals surface area contributed by atoms with E-state index in [1.807, 2.05) is 12.1 Å². The number of anilines is 1. The zero-order valence-corrected chi connectivity index (χ0v) is 14.0. The molecule has 0 saturated heterocycles. The highest BCUT2D eigenvalue weighted by atomic mass is 16.3. The van der Waals surface area contributed by atoms with Gasteiger partial charge in [-0.3, -0.25) is 4.81 Å². The van der Waals surface area contributed by atoms with Gasteiger partial charge in [0.15, 0.2) is 0 Å². The number of para-hydroxylation sites is 1. The van der Waals surface area contributed by atoms with Gasteiger partial charge in [-0.25, -0.2) is 4.57 Å². The van der Waals surface area contributed by atoms with Crippen molar-refractivity contribution in [2.45, 2.75) is 20.7 Å². The van der Waals surface area contributed by atoms with E-state index in [4.69, 9.17) is 4.42 Å². The van der Waals surface area contributed by atoms with Gasteiger partial charge in [-0.1, -0.05) is 18.2 Å². The van der Waals surface area contributed by atoms with Crippen molar-refractivity contribution in [3.05, 3.63) is 58.8 Å². The first kappa shape index (κ1) is 14.1. The van der Waals surface area contributed by atoms with Crippen molar-refractivity contribution in [1.82, 2.24) is 0 Å². The number of fused-ring (bicyclic) bond motifs is 3. The van der Waals surface area contributed by atoms with Crippen molar-refractivity contribution in [3.63, 3.8) is 0 Å². The molecule has 0 N–H and O–H groups in total. The van der Waals surface area contributed by atoms with Crippen LogP contribution < -0.4 is 20.0 Å². The summed E-state index contributed by atoms with van der Waals surface area (Å²) in [5, 5.41) is 2.39. The molecule has 3 nitrogen and oxygen atoms in total. The highest BCUT2D eigenvalue weighted by Crippen LogP contribution is 2.21. The highest BCUT2D eigenvalue weighted by molar-refractivity contribution is 6.77. The average molecular weight is 303 g/mol. The predicted octanol–water partition coefficient (Wildman–Crippen LogP) is 2.16. The molecule has 0 aliphatic carbocycles. The van der Waals surface area contributed by atoms with Gasteiger partial charge in [0.2, 0.25) is 0 Å². The Labute approximate surface area is 136 Å². The van der Waals surface area contributed by atoms with Gasteiger partial charge >= 0.3 is 6.85 Å². The molecule has 0 atom stereocenters. The molecule has 0 saturated carbocycles. The molecule has 0 spiro atoms. The molecule has 1 aliphatic rings. The van der Waals surface area contributed by atoms with Crippen molar-refractivity contribution < 1.29 is 8.98 Å². The first-order chi connectivity index (χ1) is 11.1. The number of benzene rings is 1. The fourth-order valence-corrected chi connectivity index (χ4v) is 3.64. The lowest BCUT2D eigenvalue weighted by molar-refractivity contribution is -0.658. The largest absolute Gasteiger partial charge is 0.457 e. The number of nitrogens with zero attached hydrogens (tertiary/aromatic N) is 2. The van der Waals surface area contributed by atoms with E-state index in [1.54, 1.807) is 0 Å². The highest BCUT2D eigenvalue weighted by Gasteiger charge is 2.33. The lowest BCUT2D eigenvalue weighted by atomic mass is 9.61. The molecular formula is C19H20BN2O+. The molecule has 1 aromatic carbocycles. The first-order valence-electron chi connectivity index (χ1n) is 8.02. The lowest BCUT2D eigenvalue weighted by Crippen LogP contribution is -2.50. The summed E-state index contributed by atoms with van der Waals surface area (Å²) < 4.78 is 8.25. The van der Waals surface area contributed by atoms with E-state index < -0.39 is 0 Å². The fourth-order valence-electron chi connectivity index (χ4n) is 3.64. The predicted molar refractivity (Wildman–Crippen MR) is 95.5 cm³/mol. The summed E-state index contributed by atoms with van der Waals surface area (Å²) in [6, 6.07) is 12.6. The number of rotatable bonds is 1. The molecule has 4 rings (SSSR count). The van der Waals surface area contributed by atoms with E-state index in [-0.39, 0.29) is 6.85 Å². The Hall–Kier alpha value is -2.49. The normalized spacial score (nSPS) is 14.2. The molecular weight excluding hydrogens is 283 g/mol. The van der Waals surface area contributed by atoms with E-state index in [0.29, 0.717) is 0 Å². The minimum atomic E-state index is 0.247. The Bertz CT molecular complexity index is 1040. The van der Waals surface area contributed by atoms with E-state index >= 15 is 0 Å². The van der Waals surface area contributed by atoms with Gasteiger partial charge in [-0.15, -0.1) is 0 Å². The van der Waals surface area contributed by atoms with Crippen LogP contribution in [0.3, 0.4) is 0 Å². The second-order valence-electron chi connectivity index (χ2n) is 6.38.